The van der Waals surface area contributed by atoms with Crippen LogP contribution < -0.4 is 0 Å². The molecule has 2 rings (SSSR count). The molecule has 0 amide bonds. The van der Waals surface area contributed by atoms with Crippen LogP contribution in [0.25, 0.3) is 11.2 Å². The number of nitrogens with zero attached hydrogens (tertiary/aromatic N) is 3. The maximum Gasteiger partial charge on any atom is 0.180 e. The number of thiol groups is 1. The smallest absolute Gasteiger partial charge is 0.180 e. The summed E-state index contributed by atoms with van der Waals surface area (Å²) >= 11 is 3.53. The van der Waals surface area contributed by atoms with Gasteiger partial charge in [0.15, 0.2) is 5.65 Å². The van der Waals surface area contributed by atoms with E-state index in [9.17, 15) is 0 Å². The van der Waals surface area contributed by atoms with Crippen molar-refractivity contribution in [2.24, 2.45) is 0 Å². The number of aromatic nitrogens is 4. The van der Waals surface area contributed by atoms with E-state index in [0.717, 1.165) is 16.9 Å². The summed E-state index contributed by atoms with van der Waals surface area (Å²) in [5.41, 5.74) is 2.58. The molecule has 0 aliphatic heterocycles. The highest BCUT2D eigenvalue weighted by molar-refractivity contribution is 7.79. The van der Waals surface area contributed by atoms with Gasteiger partial charge >= 0.3 is 0 Å². The summed E-state index contributed by atoms with van der Waals surface area (Å²) in [4.78, 5) is 14.9. The van der Waals surface area contributed by atoms with Crippen molar-refractivity contribution in [3.63, 3.8) is 0 Å². The molecular weight excluding hydrogens is 196 g/mol. The molecule has 1 N–H and O–H groups in total. The molecule has 2 heterocycles. The summed E-state index contributed by atoms with van der Waals surface area (Å²) in [6.45, 7) is 5.92. The lowest BCUT2D eigenvalue weighted by Crippen LogP contribution is -1.84. The molecule has 2 aromatic rings. The summed E-state index contributed by atoms with van der Waals surface area (Å²) in [5, 5.41) is 0. The van der Waals surface area contributed by atoms with Crippen molar-refractivity contribution in [1.82, 2.24) is 19.9 Å². The van der Waals surface area contributed by atoms with Gasteiger partial charge in [0, 0.05) is 0 Å². The molecule has 0 atom stereocenters. The Morgan fingerprint density at radius 2 is 1.79 bits per heavy atom. The van der Waals surface area contributed by atoms with Gasteiger partial charge < -0.3 is 4.98 Å². The van der Waals surface area contributed by atoms with E-state index in [-0.39, 0.29) is 0 Å². The molecular formula is C9H16N4S. The molecule has 4 nitrogen and oxygen atoms in total. The van der Waals surface area contributed by atoms with Crippen LogP contribution in [0.3, 0.4) is 0 Å². The number of fused-ring (bicyclic) bond motifs is 1. The van der Waals surface area contributed by atoms with E-state index in [2.05, 4.69) is 32.6 Å². The minimum Gasteiger partial charge on any atom is -0.342 e. The highest BCUT2D eigenvalue weighted by atomic mass is 32.1. The van der Waals surface area contributed by atoms with Crippen LogP contribution in [0.15, 0.2) is 12.7 Å². The van der Waals surface area contributed by atoms with Crippen LogP contribution in [-0.2, 0) is 0 Å². The van der Waals surface area contributed by atoms with Crippen molar-refractivity contribution in [2.75, 3.05) is 6.26 Å². The minimum absolute atomic E-state index is 0.729. The van der Waals surface area contributed by atoms with Crippen molar-refractivity contribution >= 4 is 23.8 Å². The summed E-state index contributed by atoms with van der Waals surface area (Å²) < 4.78 is 0. The van der Waals surface area contributed by atoms with E-state index < -0.39 is 0 Å². The molecule has 0 fully saturated rings. The largest absolute Gasteiger partial charge is 0.342 e. The van der Waals surface area contributed by atoms with E-state index in [1.807, 2.05) is 20.8 Å². The fourth-order valence-corrected chi connectivity index (χ4v) is 0.886. The summed E-state index contributed by atoms with van der Waals surface area (Å²) in [6, 6.07) is 0. The topological polar surface area (TPSA) is 54.5 Å². The van der Waals surface area contributed by atoms with Gasteiger partial charge in [-0.3, -0.25) is 0 Å². The van der Waals surface area contributed by atoms with Crippen LogP contribution >= 0.6 is 12.6 Å². The number of nitrogens with one attached hydrogen (secondary N) is 1. The molecule has 2 aromatic heterocycles. The third-order valence-corrected chi connectivity index (χ3v) is 1.41. The Labute approximate surface area is 89.6 Å². The second-order valence-electron chi connectivity index (χ2n) is 2.06. The van der Waals surface area contributed by atoms with Crippen molar-refractivity contribution in [1.29, 1.82) is 0 Å². The normalized spacial score (nSPS) is 8.36. The van der Waals surface area contributed by atoms with Crippen LogP contribution in [-0.4, -0.2) is 26.2 Å². The third-order valence-electron chi connectivity index (χ3n) is 1.41. The number of aromatic amines is 1. The monoisotopic (exact) mass is 212 g/mol. The first-order valence-corrected chi connectivity index (χ1v) is 5.33. The second-order valence-corrected chi connectivity index (χ2v) is 2.06. The third kappa shape index (κ3) is 2.99. The molecule has 0 aliphatic carbocycles. The molecule has 0 unspecified atom stereocenters. The lowest BCUT2D eigenvalue weighted by atomic mass is 10.4. The number of hydrogen-bond donors (Lipinski definition) is 2. The fourth-order valence-electron chi connectivity index (χ4n) is 0.886. The van der Waals surface area contributed by atoms with E-state index in [1.54, 1.807) is 12.6 Å². The number of rotatable bonds is 0. The average Bonchev–Trinajstić information content (AvgIpc) is 2.73. The summed E-state index contributed by atoms with van der Waals surface area (Å²) in [6.07, 6.45) is 4.82. The molecule has 0 spiro atoms. The molecule has 0 radical (unpaired) electrons. The molecule has 0 saturated carbocycles. The Bertz CT molecular complexity index is 358. The number of aryl methyl sites for hydroxylation is 1. The molecule has 0 aliphatic rings. The molecule has 0 saturated heterocycles. The SMILES string of the molecule is CC.CS.Cc1ncnc2nc[nH]c12. The minimum atomic E-state index is 0.729. The first-order chi connectivity index (χ1) is 6.88. The van der Waals surface area contributed by atoms with Gasteiger partial charge in [-0.2, -0.15) is 12.6 Å². The van der Waals surface area contributed by atoms with Crippen LogP contribution in [0, 0.1) is 6.92 Å². The molecule has 0 aromatic carbocycles. The Hall–Kier alpha value is -1.10. The molecule has 0 bridgehead atoms. The van der Waals surface area contributed by atoms with Crippen molar-refractivity contribution in [3.05, 3.63) is 18.3 Å². The Morgan fingerprint density at radius 3 is 2.36 bits per heavy atom. The molecule has 14 heavy (non-hydrogen) atoms. The first kappa shape index (κ1) is 12.9. The maximum atomic E-state index is 4.00. The number of imidazole rings is 1. The predicted octanol–water partition coefficient (Wildman–Crippen LogP) is 2.23. The van der Waals surface area contributed by atoms with Crippen LogP contribution in [0.2, 0.25) is 0 Å². The maximum absolute atomic E-state index is 4.00. The van der Waals surface area contributed by atoms with Crippen LogP contribution in [0.1, 0.15) is 19.5 Å². The Kier molecular flexibility index (Phi) is 6.74. The van der Waals surface area contributed by atoms with Gasteiger partial charge in [-0.1, -0.05) is 13.8 Å². The van der Waals surface area contributed by atoms with Crippen LogP contribution in [0.4, 0.5) is 0 Å². The quantitative estimate of drug-likeness (QED) is 0.658. The predicted molar refractivity (Wildman–Crippen MR) is 62.7 cm³/mol. The fraction of sp³-hybridized carbons (Fsp3) is 0.444. The standard InChI is InChI=1S/C6H6N4.C2H6.CH4S/c1-4-5-6(9-2-7-4)10-3-8-5;2*1-2/h2-3H,1H3,(H,7,8,9,10);1-2H3;2H,1H3. The average molecular weight is 212 g/mol. The van der Waals surface area contributed by atoms with Gasteiger partial charge in [-0.25, -0.2) is 15.0 Å². The van der Waals surface area contributed by atoms with Crippen molar-refractivity contribution in [3.8, 4) is 0 Å². The Balaban J connectivity index is 0.000000379. The zero-order chi connectivity index (χ0) is 11.0. The van der Waals surface area contributed by atoms with Crippen LogP contribution in [0.5, 0.6) is 0 Å². The van der Waals surface area contributed by atoms with Crippen molar-refractivity contribution in [2.45, 2.75) is 20.8 Å². The first-order valence-electron chi connectivity index (χ1n) is 4.43. The van der Waals surface area contributed by atoms with E-state index in [0.29, 0.717) is 0 Å². The van der Waals surface area contributed by atoms with Gasteiger partial charge in [0.1, 0.15) is 11.8 Å². The van der Waals surface area contributed by atoms with Gasteiger partial charge in [-0.15, -0.1) is 0 Å². The van der Waals surface area contributed by atoms with E-state index in [4.69, 9.17) is 0 Å². The van der Waals surface area contributed by atoms with Crippen molar-refractivity contribution < 1.29 is 0 Å². The summed E-state index contributed by atoms with van der Waals surface area (Å²) in [7, 11) is 0. The second kappa shape index (κ2) is 7.32. The zero-order valence-electron chi connectivity index (χ0n) is 8.94. The van der Waals surface area contributed by atoms with Gasteiger partial charge in [0.2, 0.25) is 0 Å². The summed E-state index contributed by atoms with van der Waals surface area (Å²) in [5.74, 6) is 0. The highest BCUT2D eigenvalue weighted by Gasteiger charge is 1.98. The van der Waals surface area contributed by atoms with E-state index >= 15 is 0 Å². The van der Waals surface area contributed by atoms with Gasteiger partial charge in [0.25, 0.3) is 0 Å². The number of hydrogen-bond acceptors (Lipinski definition) is 4. The zero-order valence-corrected chi connectivity index (χ0v) is 9.84. The van der Waals surface area contributed by atoms with Gasteiger partial charge in [0.05, 0.1) is 12.0 Å². The molecule has 5 heteroatoms. The van der Waals surface area contributed by atoms with Gasteiger partial charge in [-0.05, 0) is 13.2 Å². The molecule has 78 valence electrons. The lowest BCUT2D eigenvalue weighted by Gasteiger charge is -1.89. The lowest BCUT2D eigenvalue weighted by molar-refractivity contribution is 1.14. The Morgan fingerprint density at radius 1 is 1.14 bits per heavy atom. The highest BCUT2D eigenvalue weighted by Crippen LogP contribution is 2.06. The van der Waals surface area contributed by atoms with E-state index in [1.165, 1.54) is 6.33 Å². The number of H-pyrrole nitrogens is 1.